The van der Waals surface area contributed by atoms with Gasteiger partial charge in [-0.05, 0) is 104 Å². The largest absolute Gasteiger partial charge is 0.508 e. The summed E-state index contributed by atoms with van der Waals surface area (Å²) in [7, 11) is 0. The van der Waals surface area contributed by atoms with Crippen molar-refractivity contribution in [2.75, 3.05) is 39.3 Å². The highest BCUT2D eigenvalue weighted by Crippen LogP contribution is 2.13. The van der Waals surface area contributed by atoms with E-state index in [1.165, 1.54) is 18.2 Å². The average Bonchev–Trinajstić information content (AvgIpc) is 3.07. The minimum atomic E-state index is -0.259. The number of benzene rings is 3. The zero-order chi connectivity index (χ0) is 33.9. The van der Waals surface area contributed by atoms with Gasteiger partial charge in [-0.25, -0.2) is 0 Å². The Morgan fingerprint density at radius 1 is 0.553 bits per heavy atom. The van der Waals surface area contributed by atoms with Crippen LogP contribution in [0.5, 0.6) is 17.2 Å². The Bertz CT molecular complexity index is 1500. The number of nitrogens with zero attached hydrogens (tertiary/aromatic N) is 2. The summed E-state index contributed by atoms with van der Waals surface area (Å²) in [5.41, 5.74) is 8.07. The molecule has 10 nitrogen and oxygen atoms in total. The molecule has 3 aromatic rings. The SMILES string of the molecule is NCCCN(CCCCN(CCCNC(=O)C=Cc1ccc(O)cc1)C(=O)C=Cc1ccc(O)cc1)C(=O)C=Cc1ccc(O)cc1. The van der Waals surface area contributed by atoms with Crippen molar-refractivity contribution < 1.29 is 29.7 Å². The van der Waals surface area contributed by atoms with Crippen LogP contribution in [0.4, 0.5) is 0 Å². The van der Waals surface area contributed by atoms with E-state index in [0.717, 1.165) is 16.7 Å². The molecule has 0 bridgehead atoms. The third-order valence-corrected chi connectivity index (χ3v) is 7.21. The molecule has 3 amide bonds. The summed E-state index contributed by atoms with van der Waals surface area (Å²) in [6.45, 7) is 2.76. The molecule has 0 fully saturated rings. The van der Waals surface area contributed by atoms with Gasteiger partial charge in [-0.2, -0.15) is 0 Å². The molecule has 3 aromatic carbocycles. The van der Waals surface area contributed by atoms with Crippen molar-refractivity contribution in [3.63, 3.8) is 0 Å². The molecule has 0 saturated carbocycles. The first-order valence-electron chi connectivity index (χ1n) is 15.7. The minimum Gasteiger partial charge on any atom is -0.508 e. The third kappa shape index (κ3) is 14.1. The molecule has 0 spiro atoms. The zero-order valence-corrected chi connectivity index (χ0v) is 26.5. The smallest absolute Gasteiger partial charge is 0.246 e. The maximum Gasteiger partial charge on any atom is 0.246 e. The molecule has 0 aromatic heterocycles. The van der Waals surface area contributed by atoms with Crippen molar-refractivity contribution >= 4 is 35.9 Å². The number of carbonyl (C=O) groups excluding carboxylic acids is 3. The van der Waals surface area contributed by atoms with E-state index >= 15 is 0 Å². The lowest BCUT2D eigenvalue weighted by molar-refractivity contribution is -0.127. The number of amides is 3. The quantitative estimate of drug-likeness (QED) is 0.101. The van der Waals surface area contributed by atoms with Crippen LogP contribution >= 0.6 is 0 Å². The number of hydrogen-bond acceptors (Lipinski definition) is 7. The molecule has 0 radical (unpaired) electrons. The second kappa shape index (κ2) is 19.9. The first-order valence-corrected chi connectivity index (χ1v) is 15.7. The molecule has 0 unspecified atom stereocenters. The molecular weight excluding hydrogens is 596 g/mol. The molecule has 0 aliphatic heterocycles. The van der Waals surface area contributed by atoms with E-state index in [0.29, 0.717) is 65.0 Å². The first-order chi connectivity index (χ1) is 22.7. The molecule has 0 saturated heterocycles. The highest BCUT2D eigenvalue weighted by atomic mass is 16.3. The van der Waals surface area contributed by atoms with Crippen LogP contribution in [0.15, 0.2) is 91.0 Å². The number of hydrogen-bond donors (Lipinski definition) is 5. The average molecular weight is 641 g/mol. The predicted molar refractivity (Wildman–Crippen MR) is 185 cm³/mol. The van der Waals surface area contributed by atoms with E-state index in [9.17, 15) is 29.7 Å². The van der Waals surface area contributed by atoms with Gasteiger partial charge < -0.3 is 36.2 Å². The fraction of sp³-hybridized carbons (Fsp3) is 0.270. The number of carbonyl (C=O) groups is 3. The number of phenolic OH excluding ortho intramolecular Hbond substituents is 3. The fourth-order valence-electron chi connectivity index (χ4n) is 4.57. The van der Waals surface area contributed by atoms with Gasteiger partial charge in [0.05, 0.1) is 0 Å². The number of aromatic hydroxyl groups is 3. The van der Waals surface area contributed by atoms with Crippen molar-refractivity contribution in [1.82, 2.24) is 15.1 Å². The van der Waals surface area contributed by atoms with Crippen LogP contribution in [0.2, 0.25) is 0 Å². The van der Waals surface area contributed by atoms with Crippen molar-refractivity contribution in [2.45, 2.75) is 25.7 Å². The summed E-state index contributed by atoms with van der Waals surface area (Å²) in [6.07, 6.45) is 12.0. The third-order valence-electron chi connectivity index (χ3n) is 7.21. The fourth-order valence-corrected chi connectivity index (χ4v) is 4.57. The molecule has 47 heavy (non-hydrogen) atoms. The van der Waals surface area contributed by atoms with Gasteiger partial charge in [0.25, 0.3) is 0 Å². The van der Waals surface area contributed by atoms with E-state index in [2.05, 4.69) is 5.32 Å². The summed E-state index contributed by atoms with van der Waals surface area (Å²) < 4.78 is 0. The normalized spacial score (nSPS) is 11.3. The highest BCUT2D eigenvalue weighted by molar-refractivity contribution is 5.93. The van der Waals surface area contributed by atoms with Crippen molar-refractivity contribution in [3.8, 4) is 17.2 Å². The van der Waals surface area contributed by atoms with E-state index in [4.69, 9.17) is 5.73 Å². The highest BCUT2D eigenvalue weighted by Gasteiger charge is 2.13. The Kier molecular flexibility index (Phi) is 15.3. The predicted octanol–water partition coefficient (Wildman–Crippen LogP) is 4.54. The summed E-state index contributed by atoms with van der Waals surface area (Å²) in [5.74, 6) is -0.115. The monoisotopic (exact) mass is 640 g/mol. The number of unbranched alkanes of at least 4 members (excludes halogenated alkanes) is 1. The van der Waals surface area contributed by atoms with Gasteiger partial charge in [0, 0.05) is 51.0 Å². The Morgan fingerprint density at radius 2 is 0.915 bits per heavy atom. The summed E-state index contributed by atoms with van der Waals surface area (Å²) >= 11 is 0. The van der Waals surface area contributed by atoms with Gasteiger partial charge in [0.2, 0.25) is 17.7 Å². The Labute approximate surface area is 276 Å². The zero-order valence-electron chi connectivity index (χ0n) is 26.5. The van der Waals surface area contributed by atoms with Gasteiger partial charge in [-0.3, -0.25) is 14.4 Å². The molecule has 3 rings (SSSR count). The Balaban J connectivity index is 1.54. The van der Waals surface area contributed by atoms with Crippen LogP contribution in [0.1, 0.15) is 42.4 Å². The Hall–Kier alpha value is -5.35. The number of nitrogens with two attached hydrogens (primary N) is 1. The van der Waals surface area contributed by atoms with Gasteiger partial charge in [-0.15, -0.1) is 0 Å². The van der Waals surface area contributed by atoms with Crippen LogP contribution in [0.3, 0.4) is 0 Å². The van der Waals surface area contributed by atoms with Crippen molar-refractivity contribution in [3.05, 3.63) is 108 Å². The summed E-state index contributed by atoms with van der Waals surface area (Å²) in [6, 6.07) is 19.6. The number of nitrogens with one attached hydrogen (secondary N) is 1. The summed E-state index contributed by atoms with van der Waals surface area (Å²) in [4.78, 5) is 41.9. The first kappa shape index (κ1) is 36.1. The van der Waals surface area contributed by atoms with Gasteiger partial charge in [-0.1, -0.05) is 36.4 Å². The second-order valence-corrected chi connectivity index (χ2v) is 10.9. The van der Waals surface area contributed by atoms with Gasteiger partial charge >= 0.3 is 0 Å². The lowest BCUT2D eigenvalue weighted by atomic mass is 10.2. The maximum atomic E-state index is 13.2. The molecule has 6 N–H and O–H groups in total. The topological polar surface area (TPSA) is 156 Å². The van der Waals surface area contributed by atoms with Crippen LogP contribution in [0.25, 0.3) is 18.2 Å². The van der Waals surface area contributed by atoms with Gasteiger partial charge in [0.15, 0.2) is 0 Å². The van der Waals surface area contributed by atoms with Crippen molar-refractivity contribution in [2.24, 2.45) is 5.73 Å². The molecular formula is C37H44N4O6. The molecule has 0 atom stereocenters. The molecule has 0 heterocycles. The van der Waals surface area contributed by atoms with E-state index in [-0.39, 0.29) is 35.0 Å². The van der Waals surface area contributed by atoms with Crippen molar-refractivity contribution in [1.29, 1.82) is 0 Å². The molecule has 248 valence electrons. The van der Waals surface area contributed by atoms with Crippen LogP contribution in [-0.4, -0.2) is 82.1 Å². The maximum absolute atomic E-state index is 13.2. The standard InChI is InChI=1S/C37H44N4O6/c38-23-3-27-40(36(46)21-12-30-7-16-33(43)17-8-30)25-1-2-26-41(37(47)22-13-31-9-18-34(44)19-10-31)28-4-24-39-35(45)20-11-29-5-14-32(42)15-6-29/h5-22,42-44H,1-4,23-28,38H2,(H,39,45). The lowest BCUT2D eigenvalue weighted by Crippen LogP contribution is -2.35. The Morgan fingerprint density at radius 3 is 1.32 bits per heavy atom. The second-order valence-electron chi connectivity index (χ2n) is 10.9. The number of phenols is 3. The molecule has 10 heteroatoms. The van der Waals surface area contributed by atoms with Crippen LogP contribution < -0.4 is 11.1 Å². The minimum absolute atomic E-state index is 0.133. The molecule has 0 aliphatic rings. The molecule has 0 aliphatic carbocycles. The van der Waals surface area contributed by atoms with E-state index < -0.39 is 0 Å². The van der Waals surface area contributed by atoms with E-state index in [1.54, 1.807) is 101 Å². The van der Waals surface area contributed by atoms with Crippen LogP contribution in [-0.2, 0) is 14.4 Å². The van der Waals surface area contributed by atoms with Gasteiger partial charge in [0.1, 0.15) is 17.2 Å². The lowest BCUT2D eigenvalue weighted by Gasteiger charge is -2.24. The number of rotatable bonds is 18. The summed E-state index contributed by atoms with van der Waals surface area (Å²) in [5, 5.41) is 31.2. The van der Waals surface area contributed by atoms with Crippen LogP contribution in [0, 0.1) is 0 Å². The van der Waals surface area contributed by atoms with E-state index in [1.807, 2.05) is 0 Å².